The predicted molar refractivity (Wildman–Crippen MR) is 55.0 cm³/mol. The lowest BCUT2D eigenvalue weighted by atomic mass is 10.3. The van der Waals surface area contributed by atoms with Crippen molar-refractivity contribution >= 4 is 15.9 Å². The molecule has 0 aliphatic heterocycles. The number of alkyl halides is 1. The van der Waals surface area contributed by atoms with Gasteiger partial charge >= 0.3 is 0 Å². The first-order valence-corrected chi connectivity index (χ1v) is 5.82. The fourth-order valence-corrected chi connectivity index (χ4v) is 2.21. The number of rotatable bonds is 3. The van der Waals surface area contributed by atoms with E-state index in [1.807, 2.05) is 4.68 Å². The maximum Gasteiger partial charge on any atom is 0.0861 e. The Morgan fingerprint density at radius 3 is 2.92 bits per heavy atom. The highest BCUT2D eigenvalue weighted by Gasteiger charge is 2.39. The van der Waals surface area contributed by atoms with E-state index in [2.05, 4.69) is 46.3 Å². The lowest BCUT2D eigenvalue weighted by Crippen LogP contribution is -2.00. The summed E-state index contributed by atoms with van der Waals surface area (Å²) in [5, 5.41) is 9.38. The summed E-state index contributed by atoms with van der Waals surface area (Å²) in [4.78, 5) is 0. The van der Waals surface area contributed by atoms with Gasteiger partial charge in [-0.15, -0.1) is 5.10 Å². The van der Waals surface area contributed by atoms with Crippen LogP contribution in [0, 0.1) is 5.92 Å². The number of hydrogen-bond donors (Lipinski definition) is 0. The van der Waals surface area contributed by atoms with Gasteiger partial charge in [0.1, 0.15) is 0 Å². The van der Waals surface area contributed by atoms with Crippen LogP contribution in [0.4, 0.5) is 0 Å². The van der Waals surface area contributed by atoms with Crippen LogP contribution in [0.5, 0.6) is 0 Å². The largest absolute Gasteiger partial charge is 0.250 e. The topological polar surface area (TPSA) is 30.7 Å². The highest BCUT2D eigenvalue weighted by atomic mass is 79.9. The van der Waals surface area contributed by atoms with Crippen molar-refractivity contribution in [1.29, 1.82) is 0 Å². The molecule has 0 amide bonds. The quantitative estimate of drug-likeness (QED) is 0.764. The molecule has 1 fully saturated rings. The molecule has 1 saturated carbocycles. The molecule has 1 aromatic rings. The fourth-order valence-electron chi connectivity index (χ4n) is 1.49. The monoisotopic (exact) mass is 243 g/mol. The van der Waals surface area contributed by atoms with Crippen LogP contribution in [0.15, 0.2) is 6.20 Å². The van der Waals surface area contributed by atoms with E-state index in [9.17, 15) is 0 Å². The van der Waals surface area contributed by atoms with Gasteiger partial charge in [0, 0.05) is 23.5 Å². The van der Waals surface area contributed by atoms with Crippen LogP contribution in [0.25, 0.3) is 0 Å². The third-order valence-corrected chi connectivity index (χ3v) is 3.39. The third-order valence-electron chi connectivity index (χ3n) is 2.56. The second kappa shape index (κ2) is 3.40. The molecule has 2 unspecified atom stereocenters. The minimum absolute atomic E-state index is 0.419. The standard InChI is InChI=1S/C9H14BrN3/c1-6(2)13-5-9(11-12-13)8-3-7(8)4-10/h5-8H,3-4H2,1-2H3. The van der Waals surface area contributed by atoms with Gasteiger partial charge in [0.2, 0.25) is 0 Å². The lowest BCUT2D eigenvalue weighted by Gasteiger charge is -2.00. The normalized spacial score (nSPS) is 26.8. The summed E-state index contributed by atoms with van der Waals surface area (Å²) < 4.78 is 1.93. The summed E-state index contributed by atoms with van der Waals surface area (Å²) in [5.74, 6) is 1.45. The van der Waals surface area contributed by atoms with Gasteiger partial charge in [0.15, 0.2) is 0 Å². The Kier molecular flexibility index (Phi) is 2.41. The van der Waals surface area contributed by atoms with Crippen molar-refractivity contribution in [2.75, 3.05) is 5.33 Å². The Morgan fingerprint density at radius 2 is 2.46 bits per heavy atom. The SMILES string of the molecule is CC(C)n1cc(C2CC2CBr)nn1. The van der Waals surface area contributed by atoms with E-state index in [4.69, 9.17) is 0 Å². The van der Waals surface area contributed by atoms with Gasteiger partial charge < -0.3 is 0 Å². The van der Waals surface area contributed by atoms with Crippen molar-refractivity contribution in [2.45, 2.75) is 32.2 Å². The molecule has 1 aromatic heterocycles. The van der Waals surface area contributed by atoms with Crippen LogP contribution in [-0.2, 0) is 0 Å². The molecule has 4 heteroatoms. The minimum atomic E-state index is 0.419. The maximum absolute atomic E-state index is 4.19. The van der Waals surface area contributed by atoms with Crippen molar-refractivity contribution in [3.05, 3.63) is 11.9 Å². The molecular weight excluding hydrogens is 230 g/mol. The lowest BCUT2D eigenvalue weighted by molar-refractivity contribution is 0.514. The van der Waals surface area contributed by atoms with Crippen molar-refractivity contribution in [3.8, 4) is 0 Å². The molecule has 0 bridgehead atoms. The molecule has 0 aromatic carbocycles. The average molecular weight is 244 g/mol. The summed E-state index contributed by atoms with van der Waals surface area (Å²) in [6.07, 6.45) is 3.35. The number of hydrogen-bond acceptors (Lipinski definition) is 2. The molecular formula is C9H14BrN3. The molecule has 13 heavy (non-hydrogen) atoms. The van der Waals surface area contributed by atoms with Gasteiger partial charge in [-0.3, -0.25) is 0 Å². The van der Waals surface area contributed by atoms with E-state index in [1.54, 1.807) is 0 Å². The molecule has 1 heterocycles. The second-order valence-electron chi connectivity index (χ2n) is 3.97. The summed E-state index contributed by atoms with van der Waals surface area (Å²) in [6, 6.07) is 0.419. The molecule has 2 rings (SSSR count). The molecule has 72 valence electrons. The first kappa shape index (κ1) is 9.19. The number of aromatic nitrogens is 3. The van der Waals surface area contributed by atoms with Crippen molar-refractivity contribution in [1.82, 2.24) is 15.0 Å². The highest BCUT2D eigenvalue weighted by Crippen LogP contribution is 2.47. The smallest absolute Gasteiger partial charge is 0.0861 e. The van der Waals surface area contributed by atoms with E-state index < -0.39 is 0 Å². The van der Waals surface area contributed by atoms with Crippen LogP contribution in [0.2, 0.25) is 0 Å². The van der Waals surface area contributed by atoms with Crippen LogP contribution in [0.3, 0.4) is 0 Å². The molecule has 2 atom stereocenters. The van der Waals surface area contributed by atoms with Gasteiger partial charge in [-0.1, -0.05) is 21.1 Å². The Balaban J connectivity index is 2.07. The Morgan fingerprint density at radius 1 is 1.69 bits per heavy atom. The van der Waals surface area contributed by atoms with Crippen LogP contribution in [-0.4, -0.2) is 20.3 Å². The minimum Gasteiger partial charge on any atom is -0.250 e. The number of halogens is 1. The van der Waals surface area contributed by atoms with Crippen LogP contribution in [0.1, 0.15) is 37.9 Å². The zero-order chi connectivity index (χ0) is 9.42. The Hall–Kier alpha value is -0.380. The molecule has 0 N–H and O–H groups in total. The van der Waals surface area contributed by atoms with Gasteiger partial charge in [-0.05, 0) is 26.2 Å². The van der Waals surface area contributed by atoms with Gasteiger partial charge in [0.05, 0.1) is 5.69 Å². The van der Waals surface area contributed by atoms with E-state index in [0.717, 1.165) is 16.9 Å². The predicted octanol–water partition coefficient (Wildman–Crippen LogP) is 2.36. The van der Waals surface area contributed by atoms with E-state index in [1.165, 1.54) is 6.42 Å². The average Bonchev–Trinajstić information content (AvgIpc) is 2.73. The van der Waals surface area contributed by atoms with Crippen molar-refractivity contribution < 1.29 is 0 Å². The molecule has 1 aliphatic carbocycles. The van der Waals surface area contributed by atoms with Crippen molar-refractivity contribution in [3.63, 3.8) is 0 Å². The maximum atomic E-state index is 4.19. The van der Waals surface area contributed by atoms with E-state index in [0.29, 0.717) is 12.0 Å². The van der Waals surface area contributed by atoms with Crippen LogP contribution < -0.4 is 0 Å². The summed E-state index contributed by atoms with van der Waals surface area (Å²) >= 11 is 3.49. The first-order valence-electron chi connectivity index (χ1n) is 4.70. The Bertz CT molecular complexity index is 295. The van der Waals surface area contributed by atoms with Gasteiger partial charge in [0.25, 0.3) is 0 Å². The number of nitrogens with zero attached hydrogens (tertiary/aromatic N) is 3. The zero-order valence-electron chi connectivity index (χ0n) is 7.94. The Labute approximate surface area is 86.6 Å². The third kappa shape index (κ3) is 1.77. The molecule has 0 saturated heterocycles. The van der Waals surface area contributed by atoms with Crippen molar-refractivity contribution in [2.24, 2.45) is 5.92 Å². The molecule has 0 spiro atoms. The zero-order valence-corrected chi connectivity index (χ0v) is 9.53. The first-order chi connectivity index (χ1) is 6.22. The van der Waals surface area contributed by atoms with E-state index >= 15 is 0 Å². The van der Waals surface area contributed by atoms with E-state index in [-0.39, 0.29) is 0 Å². The fraction of sp³-hybridized carbons (Fsp3) is 0.778. The molecule has 0 radical (unpaired) electrons. The van der Waals surface area contributed by atoms with Crippen LogP contribution >= 0.6 is 15.9 Å². The van der Waals surface area contributed by atoms with Gasteiger partial charge in [-0.2, -0.15) is 0 Å². The second-order valence-corrected chi connectivity index (χ2v) is 4.62. The molecule has 3 nitrogen and oxygen atoms in total. The summed E-state index contributed by atoms with van der Waals surface area (Å²) in [7, 11) is 0. The molecule has 1 aliphatic rings. The van der Waals surface area contributed by atoms with Gasteiger partial charge in [-0.25, -0.2) is 4.68 Å². The summed E-state index contributed by atoms with van der Waals surface area (Å²) in [6.45, 7) is 4.24. The summed E-state index contributed by atoms with van der Waals surface area (Å²) in [5.41, 5.74) is 1.16. The highest BCUT2D eigenvalue weighted by molar-refractivity contribution is 9.09.